The molecule has 2 aromatic carbocycles. The van der Waals surface area contributed by atoms with Crippen LogP contribution in [0.5, 0.6) is 17.2 Å². The number of carboxylic acids is 1. The second kappa shape index (κ2) is 9.12. The molecule has 33 heavy (non-hydrogen) atoms. The molecular weight excluding hydrogens is 452 g/mol. The summed E-state index contributed by atoms with van der Waals surface area (Å²) in [6.07, 6.45) is -0.229. The summed E-state index contributed by atoms with van der Waals surface area (Å²) in [4.78, 5) is 27.7. The van der Waals surface area contributed by atoms with Crippen LogP contribution >= 0.6 is 11.3 Å². The number of nitro groups is 1. The molecule has 1 aromatic heterocycles. The summed E-state index contributed by atoms with van der Waals surface area (Å²) < 4.78 is 16.5. The lowest BCUT2D eigenvalue weighted by Crippen LogP contribution is -2.18. The number of carboxylic acid groups (broad SMARTS) is 1. The van der Waals surface area contributed by atoms with Crippen LogP contribution in [0.25, 0.3) is 11.3 Å². The van der Waals surface area contributed by atoms with Crippen molar-refractivity contribution in [3.8, 4) is 28.5 Å². The summed E-state index contributed by atoms with van der Waals surface area (Å²) in [6, 6.07) is 9.41. The largest absolute Gasteiger partial charge is 0.493 e. The van der Waals surface area contributed by atoms with Crippen LogP contribution in [-0.2, 0) is 17.8 Å². The lowest BCUT2D eigenvalue weighted by molar-refractivity contribution is -0.385. The number of hydrazone groups is 1. The van der Waals surface area contributed by atoms with Gasteiger partial charge in [-0.3, -0.25) is 15.5 Å². The normalized spacial score (nSPS) is 12.2. The van der Waals surface area contributed by atoms with Crippen molar-refractivity contribution < 1.29 is 29.0 Å². The van der Waals surface area contributed by atoms with Crippen LogP contribution < -0.4 is 19.6 Å². The van der Waals surface area contributed by atoms with Crippen molar-refractivity contribution >= 4 is 33.8 Å². The minimum Gasteiger partial charge on any atom is -0.493 e. The van der Waals surface area contributed by atoms with Gasteiger partial charge in [-0.2, -0.15) is 5.10 Å². The van der Waals surface area contributed by atoms with Crippen LogP contribution in [0.1, 0.15) is 10.4 Å². The van der Waals surface area contributed by atoms with Gasteiger partial charge in [0.05, 0.1) is 29.7 Å². The number of para-hydroxylation sites is 1. The summed E-state index contributed by atoms with van der Waals surface area (Å²) in [5, 5.41) is 25.1. The number of thiazole rings is 1. The second-order valence-corrected chi connectivity index (χ2v) is 7.90. The van der Waals surface area contributed by atoms with Crippen LogP contribution in [0.2, 0.25) is 0 Å². The molecule has 170 valence electrons. The molecule has 0 saturated heterocycles. The summed E-state index contributed by atoms with van der Waals surface area (Å²) in [5.74, 6) is 0.334. The Morgan fingerprint density at radius 2 is 2.03 bits per heavy atom. The highest BCUT2D eigenvalue weighted by Gasteiger charge is 2.25. The maximum Gasteiger partial charge on any atom is 0.352 e. The molecule has 12 heteroatoms. The van der Waals surface area contributed by atoms with Crippen molar-refractivity contribution in [2.75, 3.05) is 19.6 Å². The molecule has 0 bridgehead atoms. The van der Waals surface area contributed by atoms with Crippen LogP contribution in [0.15, 0.2) is 41.5 Å². The number of methoxy groups -OCH3 is 2. The van der Waals surface area contributed by atoms with Gasteiger partial charge in [0.15, 0.2) is 11.5 Å². The summed E-state index contributed by atoms with van der Waals surface area (Å²) >= 11 is 1.26. The quantitative estimate of drug-likeness (QED) is 0.286. The number of nitrogens with one attached hydrogen (secondary N) is 1. The molecule has 1 aliphatic heterocycles. The second-order valence-electron chi connectivity index (χ2n) is 6.82. The Hall–Kier alpha value is -4.19. The standard InChI is InChI=1S/C21H18N4O7S/c1-30-16-8-12-15(9-17(16)31-2)32-10-18-19(12)22-21(33-18)24-23-13(20(26)27)7-11-5-3-4-6-14(11)25(28)29/h3-6,8-9H,7,10H2,1-2H3,(H,22,24)(H,26,27)/b23-13+. The number of hydrogen-bond acceptors (Lipinski definition) is 10. The molecule has 0 spiro atoms. The number of carbonyl (C=O) groups is 1. The van der Waals surface area contributed by atoms with E-state index in [1.54, 1.807) is 18.2 Å². The summed E-state index contributed by atoms with van der Waals surface area (Å²) in [5.41, 5.74) is 3.82. The predicted molar refractivity (Wildman–Crippen MR) is 120 cm³/mol. The van der Waals surface area contributed by atoms with E-state index in [-0.39, 0.29) is 30.0 Å². The van der Waals surface area contributed by atoms with Crippen molar-refractivity contribution in [1.82, 2.24) is 4.98 Å². The molecule has 0 amide bonds. The van der Waals surface area contributed by atoms with E-state index < -0.39 is 10.9 Å². The Kier molecular flexibility index (Phi) is 6.09. The van der Waals surface area contributed by atoms with Gasteiger partial charge < -0.3 is 19.3 Å². The Balaban J connectivity index is 1.61. The van der Waals surface area contributed by atoms with E-state index in [2.05, 4.69) is 15.5 Å². The maximum absolute atomic E-state index is 11.7. The van der Waals surface area contributed by atoms with Crippen molar-refractivity contribution in [3.05, 3.63) is 57.0 Å². The molecule has 3 aromatic rings. The number of nitro benzene ring substituents is 1. The minimum absolute atomic E-state index is 0.172. The monoisotopic (exact) mass is 470 g/mol. The Labute approximate surface area is 191 Å². The molecule has 0 fully saturated rings. The van der Waals surface area contributed by atoms with Crippen LogP contribution in [0, 0.1) is 10.1 Å². The highest BCUT2D eigenvalue weighted by Crippen LogP contribution is 2.45. The van der Waals surface area contributed by atoms with Crippen LogP contribution in [0.3, 0.4) is 0 Å². The highest BCUT2D eigenvalue weighted by atomic mass is 32.1. The van der Waals surface area contributed by atoms with Gasteiger partial charge in [0.25, 0.3) is 5.69 Å². The summed E-state index contributed by atoms with van der Waals surface area (Å²) in [7, 11) is 3.06. The first-order valence-electron chi connectivity index (χ1n) is 9.58. The molecule has 0 radical (unpaired) electrons. The fourth-order valence-corrected chi connectivity index (χ4v) is 4.14. The molecule has 1 aliphatic rings. The molecule has 4 rings (SSSR count). The highest BCUT2D eigenvalue weighted by molar-refractivity contribution is 7.16. The van der Waals surface area contributed by atoms with Gasteiger partial charge in [-0.05, 0) is 6.07 Å². The van der Waals surface area contributed by atoms with Gasteiger partial charge in [0.2, 0.25) is 5.13 Å². The molecule has 11 nitrogen and oxygen atoms in total. The van der Waals surface area contributed by atoms with E-state index in [4.69, 9.17) is 14.2 Å². The number of benzene rings is 2. The van der Waals surface area contributed by atoms with E-state index in [9.17, 15) is 20.0 Å². The van der Waals surface area contributed by atoms with Gasteiger partial charge in [-0.1, -0.05) is 29.5 Å². The first kappa shape index (κ1) is 22.0. The SMILES string of the molecule is COc1cc2c(cc1OC)-c1nc(N/N=C(\Cc3ccccc3[N+](=O)[O-])C(=O)O)sc1CO2. The number of rotatable bonds is 8. The first-order valence-corrected chi connectivity index (χ1v) is 10.4. The Morgan fingerprint density at radius 3 is 2.73 bits per heavy atom. The fourth-order valence-electron chi connectivity index (χ4n) is 3.31. The van der Waals surface area contributed by atoms with Crippen molar-refractivity contribution in [2.45, 2.75) is 13.0 Å². The van der Waals surface area contributed by atoms with E-state index in [1.807, 2.05) is 0 Å². The molecule has 2 N–H and O–H groups in total. The Bertz CT molecular complexity index is 1270. The Morgan fingerprint density at radius 1 is 1.30 bits per heavy atom. The maximum atomic E-state index is 11.7. The zero-order valence-corrected chi connectivity index (χ0v) is 18.3. The lowest BCUT2D eigenvalue weighted by atomic mass is 10.1. The van der Waals surface area contributed by atoms with Crippen molar-refractivity contribution in [2.24, 2.45) is 5.10 Å². The van der Waals surface area contributed by atoms with Gasteiger partial charge in [0, 0.05) is 29.7 Å². The van der Waals surface area contributed by atoms with Gasteiger partial charge in [-0.25, -0.2) is 9.78 Å². The van der Waals surface area contributed by atoms with E-state index in [1.165, 1.54) is 43.8 Å². The third kappa shape index (κ3) is 4.41. The number of nitrogens with zero attached hydrogens (tertiary/aromatic N) is 3. The number of aliphatic carboxylic acids is 1. The van der Waals surface area contributed by atoms with E-state index >= 15 is 0 Å². The average molecular weight is 470 g/mol. The zero-order chi connectivity index (χ0) is 23.5. The third-order valence-corrected chi connectivity index (χ3v) is 5.81. The first-order chi connectivity index (χ1) is 15.9. The minimum atomic E-state index is -1.30. The molecule has 2 heterocycles. The third-order valence-electron chi connectivity index (χ3n) is 4.88. The van der Waals surface area contributed by atoms with Crippen LogP contribution in [0.4, 0.5) is 10.8 Å². The van der Waals surface area contributed by atoms with E-state index in [0.717, 1.165) is 4.88 Å². The molecule has 0 unspecified atom stereocenters. The number of aromatic nitrogens is 1. The number of hydrogen-bond donors (Lipinski definition) is 2. The smallest absolute Gasteiger partial charge is 0.352 e. The van der Waals surface area contributed by atoms with Crippen molar-refractivity contribution in [3.63, 3.8) is 0 Å². The summed E-state index contributed by atoms with van der Waals surface area (Å²) in [6.45, 7) is 0.281. The van der Waals surface area contributed by atoms with Crippen LogP contribution in [-0.4, -0.2) is 40.9 Å². The van der Waals surface area contributed by atoms with Gasteiger partial charge in [0.1, 0.15) is 18.1 Å². The topological polar surface area (TPSA) is 145 Å². The molecule has 0 saturated carbocycles. The molecule has 0 aliphatic carbocycles. The predicted octanol–water partition coefficient (Wildman–Crippen LogP) is 3.72. The van der Waals surface area contributed by atoms with Gasteiger partial charge in [-0.15, -0.1) is 0 Å². The van der Waals surface area contributed by atoms with Crippen molar-refractivity contribution in [1.29, 1.82) is 0 Å². The van der Waals surface area contributed by atoms with E-state index in [0.29, 0.717) is 33.6 Å². The number of anilines is 1. The lowest BCUT2D eigenvalue weighted by Gasteiger charge is -2.18. The van der Waals surface area contributed by atoms with Gasteiger partial charge >= 0.3 is 5.97 Å². The molecular formula is C21H18N4O7S. The fraction of sp³-hybridized carbons (Fsp3) is 0.190. The molecule has 0 atom stereocenters. The average Bonchev–Trinajstić information content (AvgIpc) is 3.24. The number of ether oxygens (including phenoxy) is 3. The number of fused-ring (bicyclic) bond motifs is 3. The zero-order valence-electron chi connectivity index (χ0n) is 17.5.